The van der Waals surface area contributed by atoms with Crippen molar-refractivity contribution in [2.24, 2.45) is 4.99 Å². The van der Waals surface area contributed by atoms with Crippen LogP contribution in [0.15, 0.2) is 29.3 Å². The van der Waals surface area contributed by atoms with Crippen LogP contribution in [0.3, 0.4) is 0 Å². The van der Waals surface area contributed by atoms with Gasteiger partial charge in [-0.25, -0.2) is 0 Å². The zero-order valence-corrected chi connectivity index (χ0v) is 10.00. The van der Waals surface area contributed by atoms with Crippen LogP contribution in [0.2, 0.25) is 0 Å². The zero-order valence-electron chi connectivity index (χ0n) is 10.00. The maximum absolute atomic E-state index is 4.58. The highest BCUT2D eigenvalue weighted by atomic mass is 14.9. The molecule has 0 spiro atoms. The van der Waals surface area contributed by atoms with Crippen LogP contribution in [0.5, 0.6) is 0 Å². The van der Waals surface area contributed by atoms with E-state index in [-0.39, 0.29) is 0 Å². The number of hydrogen-bond acceptors (Lipinski definition) is 2. The van der Waals surface area contributed by atoms with E-state index >= 15 is 0 Å². The molecule has 86 valence electrons. The van der Waals surface area contributed by atoms with Crippen molar-refractivity contribution in [3.05, 3.63) is 35.4 Å². The molecule has 0 aromatic heterocycles. The SMILES string of the molecule is CCCCCNCC1=NCc2ccccc21. The monoisotopic (exact) mass is 216 g/mol. The third kappa shape index (κ3) is 2.70. The summed E-state index contributed by atoms with van der Waals surface area (Å²) in [5.41, 5.74) is 3.94. The molecule has 0 saturated heterocycles. The van der Waals surface area contributed by atoms with Crippen LogP contribution in [0, 0.1) is 0 Å². The highest BCUT2D eigenvalue weighted by Gasteiger charge is 2.13. The molecule has 0 atom stereocenters. The Kier molecular flexibility index (Phi) is 4.11. The molecule has 1 N–H and O–H groups in total. The van der Waals surface area contributed by atoms with Crippen LogP contribution < -0.4 is 5.32 Å². The lowest BCUT2D eigenvalue weighted by Gasteiger charge is -2.05. The van der Waals surface area contributed by atoms with E-state index in [1.807, 2.05) is 0 Å². The number of unbranched alkanes of at least 4 members (excludes halogenated alkanes) is 2. The molecule has 1 heterocycles. The second-order valence-electron chi connectivity index (χ2n) is 4.30. The van der Waals surface area contributed by atoms with Crippen molar-refractivity contribution in [2.75, 3.05) is 13.1 Å². The van der Waals surface area contributed by atoms with Crippen molar-refractivity contribution in [3.63, 3.8) is 0 Å². The molecule has 0 unspecified atom stereocenters. The molecular formula is C14H20N2. The number of nitrogens with zero attached hydrogens (tertiary/aromatic N) is 1. The molecule has 1 aliphatic heterocycles. The first-order chi connectivity index (χ1) is 7.92. The van der Waals surface area contributed by atoms with Crippen LogP contribution in [0.25, 0.3) is 0 Å². The van der Waals surface area contributed by atoms with Crippen molar-refractivity contribution in [3.8, 4) is 0 Å². The average molecular weight is 216 g/mol. The van der Waals surface area contributed by atoms with E-state index in [2.05, 4.69) is 41.5 Å². The Labute approximate surface area is 97.8 Å². The van der Waals surface area contributed by atoms with E-state index in [0.29, 0.717) is 0 Å². The van der Waals surface area contributed by atoms with Gasteiger partial charge in [0.15, 0.2) is 0 Å². The molecular weight excluding hydrogens is 196 g/mol. The van der Waals surface area contributed by atoms with Gasteiger partial charge in [0.05, 0.1) is 12.3 Å². The first-order valence-electron chi connectivity index (χ1n) is 6.24. The Morgan fingerprint density at radius 3 is 3.00 bits per heavy atom. The summed E-state index contributed by atoms with van der Waals surface area (Å²) in [5.74, 6) is 0. The van der Waals surface area contributed by atoms with Crippen molar-refractivity contribution in [2.45, 2.75) is 32.7 Å². The van der Waals surface area contributed by atoms with Gasteiger partial charge in [-0.15, -0.1) is 0 Å². The second kappa shape index (κ2) is 5.80. The van der Waals surface area contributed by atoms with E-state index in [1.54, 1.807) is 0 Å². The van der Waals surface area contributed by atoms with E-state index in [4.69, 9.17) is 0 Å². The Morgan fingerprint density at radius 1 is 1.25 bits per heavy atom. The van der Waals surface area contributed by atoms with Crippen LogP contribution in [-0.4, -0.2) is 18.8 Å². The number of hydrogen-bond donors (Lipinski definition) is 1. The van der Waals surface area contributed by atoms with Crippen molar-refractivity contribution >= 4 is 5.71 Å². The standard InChI is InChI=1S/C14H20N2/c1-2-3-6-9-15-11-14-13-8-5-4-7-12(13)10-16-14/h4-5,7-8,15H,2-3,6,9-11H2,1H3. The van der Waals surface area contributed by atoms with Crippen LogP contribution in [0.4, 0.5) is 0 Å². The number of fused-ring (bicyclic) bond motifs is 1. The van der Waals surface area contributed by atoms with E-state index in [9.17, 15) is 0 Å². The van der Waals surface area contributed by atoms with Gasteiger partial charge in [0.1, 0.15) is 0 Å². The largest absolute Gasteiger partial charge is 0.311 e. The number of nitrogens with one attached hydrogen (secondary N) is 1. The number of rotatable bonds is 6. The average Bonchev–Trinajstić information content (AvgIpc) is 2.73. The van der Waals surface area contributed by atoms with Gasteiger partial charge >= 0.3 is 0 Å². The molecule has 2 heteroatoms. The molecule has 1 aromatic carbocycles. The lowest BCUT2D eigenvalue weighted by Crippen LogP contribution is -2.23. The quantitative estimate of drug-likeness (QED) is 0.726. The summed E-state index contributed by atoms with van der Waals surface area (Å²) in [4.78, 5) is 4.58. The maximum atomic E-state index is 4.58. The first kappa shape index (κ1) is 11.3. The lowest BCUT2D eigenvalue weighted by atomic mass is 10.1. The summed E-state index contributed by atoms with van der Waals surface area (Å²) >= 11 is 0. The van der Waals surface area contributed by atoms with Gasteiger partial charge in [0, 0.05) is 12.1 Å². The van der Waals surface area contributed by atoms with Crippen molar-refractivity contribution < 1.29 is 0 Å². The summed E-state index contributed by atoms with van der Waals surface area (Å²) < 4.78 is 0. The van der Waals surface area contributed by atoms with Crippen molar-refractivity contribution in [1.82, 2.24) is 5.32 Å². The third-order valence-electron chi connectivity index (χ3n) is 3.02. The van der Waals surface area contributed by atoms with Gasteiger partial charge in [0.25, 0.3) is 0 Å². The third-order valence-corrected chi connectivity index (χ3v) is 3.02. The normalized spacial score (nSPS) is 13.7. The summed E-state index contributed by atoms with van der Waals surface area (Å²) in [7, 11) is 0. The predicted molar refractivity (Wildman–Crippen MR) is 69.1 cm³/mol. The Balaban J connectivity index is 1.80. The van der Waals surface area contributed by atoms with Crippen molar-refractivity contribution in [1.29, 1.82) is 0 Å². The molecule has 0 amide bonds. The maximum Gasteiger partial charge on any atom is 0.0650 e. The molecule has 0 fully saturated rings. The smallest absolute Gasteiger partial charge is 0.0650 e. The molecule has 1 aromatic rings. The minimum atomic E-state index is 0.863. The van der Waals surface area contributed by atoms with Gasteiger partial charge in [-0.3, -0.25) is 4.99 Å². The second-order valence-corrected chi connectivity index (χ2v) is 4.30. The van der Waals surface area contributed by atoms with Crippen LogP contribution in [-0.2, 0) is 6.54 Å². The van der Waals surface area contributed by atoms with Gasteiger partial charge in [-0.2, -0.15) is 0 Å². The summed E-state index contributed by atoms with van der Waals surface area (Å²) in [5, 5.41) is 3.47. The molecule has 16 heavy (non-hydrogen) atoms. The summed E-state index contributed by atoms with van der Waals surface area (Å²) in [6.45, 7) is 5.12. The Bertz CT molecular complexity index is 369. The molecule has 2 rings (SSSR count). The molecule has 0 saturated carbocycles. The fraction of sp³-hybridized carbons (Fsp3) is 0.500. The van der Waals surface area contributed by atoms with Gasteiger partial charge in [0.2, 0.25) is 0 Å². The Morgan fingerprint density at radius 2 is 2.12 bits per heavy atom. The number of aliphatic imine (C=N–C) groups is 1. The highest BCUT2D eigenvalue weighted by Crippen LogP contribution is 2.17. The molecule has 1 aliphatic rings. The highest BCUT2D eigenvalue weighted by molar-refractivity contribution is 6.05. The lowest BCUT2D eigenvalue weighted by molar-refractivity contribution is 0.653. The van der Waals surface area contributed by atoms with Gasteiger partial charge < -0.3 is 5.32 Å². The van der Waals surface area contributed by atoms with Crippen LogP contribution >= 0.6 is 0 Å². The number of benzene rings is 1. The molecule has 0 aliphatic carbocycles. The molecule has 2 nitrogen and oxygen atoms in total. The summed E-state index contributed by atoms with van der Waals surface area (Å²) in [6.07, 6.45) is 3.87. The van der Waals surface area contributed by atoms with E-state index < -0.39 is 0 Å². The summed E-state index contributed by atoms with van der Waals surface area (Å²) in [6, 6.07) is 8.53. The zero-order chi connectivity index (χ0) is 11.2. The topological polar surface area (TPSA) is 24.4 Å². The van der Waals surface area contributed by atoms with Gasteiger partial charge in [-0.1, -0.05) is 44.0 Å². The fourth-order valence-electron chi connectivity index (χ4n) is 2.06. The fourth-order valence-corrected chi connectivity index (χ4v) is 2.06. The van der Waals surface area contributed by atoms with E-state index in [1.165, 1.54) is 36.1 Å². The Hall–Kier alpha value is -1.15. The minimum absolute atomic E-state index is 0.863. The van der Waals surface area contributed by atoms with Gasteiger partial charge in [-0.05, 0) is 18.5 Å². The van der Waals surface area contributed by atoms with Crippen LogP contribution in [0.1, 0.15) is 37.3 Å². The predicted octanol–water partition coefficient (Wildman–Crippen LogP) is 2.77. The molecule has 0 bridgehead atoms. The molecule has 0 radical (unpaired) electrons. The first-order valence-corrected chi connectivity index (χ1v) is 6.24. The van der Waals surface area contributed by atoms with E-state index in [0.717, 1.165) is 19.6 Å². The minimum Gasteiger partial charge on any atom is -0.311 e.